The predicted molar refractivity (Wildman–Crippen MR) is 173 cm³/mol. The van der Waals surface area contributed by atoms with Crippen molar-refractivity contribution < 1.29 is 24.2 Å². The van der Waals surface area contributed by atoms with E-state index in [0.29, 0.717) is 52.4 Å². The van der Waals surface area contributed by atoms with Crippen LogP contribution >= 0.6 is 11.8 Å². The molecule has 240 valence electrons. The average molecular weight is 625 g/mol. The third-order valence-electron chi connectivity index (χ3n) is 10.0. The Kier molecular flexibility index (Phi) is 10.2. The lowest BCUT2D eigenvalue weighted by Gasteiger charge is -2.40. The molecule has 0 aromatic heterocycles. The molecule has 4 heterocycles. The summed E-state index contributed by atoms with van der Waals surface area (Å²) in [5, 5.41) is 10.8. The van der Waals surface area contributed by atoms with Crippen molar-refractivity contribution in [2.45, 2.75) is 54.7 Å². The van der Waals surface area contributed by atoms with Gasteiger partial charge in [-0.3, -0.25) is 19.3 Å². The number of hydrogen-bond acceptors (Lipinski definition) is 7. The Hall–Kier alpha value is -2.66. The summed E-state index contributed by atoms with van der Waals surface area (Å²) >= 11 is 1.67. The molecule has 9 nitrogen and oxygen atoms in total. The SMILES string of the molecule is C=CCN(CCN1CCOCC1)C(=O)C1N([C@H](CO)c2ccccc2)C(=O)[C@@H]2[C@@H](C(=O)N(CC=C)CCC)[C@@]3(C)CCC12S3. The minimum Gasteiger partial charge on any atom is -0.394 e. The van der Waals surface area contributed by atoms with E-state index >= 15 is 0 Å². The maximum atomic E-state index is 14.9. The van der Waals surface area contributed by atoms with Crippen LogP contribution in [-0.2, 0) is 19.1 Å². The van der Waals surface area contributed by atoms with Gasteiger partial charge < -0.3 is 24.5 Å². The van der Waals surface area contributed by atoms with Crippen LogP contribution in [0.4, 0.5) is 0 Å². The number of aliphatic hydroxyl groups excluding tert-OH is 1. The summed E-state index contributed by atoms with van der Waals surface area (Å²) in [4.78, 5) is 51.6. The van der Waals surface area contributed by atoms with Crippen molar-refractivity contribution in [2.24, 2.45) is 11.8 Å². The molecule has 10 heteroatoms. The number of fused-ring (bicyclic) bond motifs is 1. The van der Waals surface area contributed by atoms with Crippen LogP contribution in [0.25, 0.3) is 0 Å². The highest BCUT2D eigenvalue weighted by atomic mass is 32.2. The quantitative estimate of drug-likeness (QED) is 0.318. The third kappa shape index (κ3) is 5.74. The summed E-state index contributed by atoms with van der Waals surface area (Å²) < 4.78 is 4.28. The molecule has 2 bridgehead atoms. The van der Waals surface area contributed by atoms with E-state index in [-0.39, 0.29) is 24.3 Å². The first-order valence-electron chi connectivity index (χ1n) is 16.0. The smallest absolute Gasteiger partial charge is 0.247 e. The van der Waals surface area contributed by atoms with Crippen molar-refractivity contribution in [3.8, 4) is 0 Å². The van der Waals surface area contributed by atoms with E-state index in [1.54, 1.807) is 28.8 Å². The first kappa shape index (κ1) is 32.7. The molecular weight excluding hydrogens is 576 g/mol. The standard InChI is InChI=1S/C34H48N4O5S/c1-5-15-36(16-6-2)30(40)27-28-31(41)38(26(24-39)25-11-9-8-10-12-25)29(34(28)14-13-33(27,4)44-34)32(42)37(17-7-3)19-18-35-20-22-43-23-21-35/h5,7-12,26-29,39H,1,3,6,13-24H2,2,4H3/t26-,27+,28+,29?,33-,34?/m1/s1. The molecule has 3 amide bonds. The van der Waals surface area contributed by atoms with Crippen LogP contribution in [0.2, 0.25) is 0 Å². The first-order valence-corrected chi connectivity index (χ1v) is 16.9. The lowest BCUT2D eigenvalue weighted by molar-refractivity contribution is -0.148. The van der Waals surface area contributed by atoms with E-state index in [1.807, 2.05) is 47.1 Å². The molecule has 6 atom stereocenters. The Balaban J connectivity index is 1.56. The van der Waals surface area contributed by atoms with Gasteiger partial charge in [0.25, 0.3) is 0 Å². The molecule has 4 fully saturated rings. The van der Waals surface area contributed by atoms with Crippen LogP contribution in [0.3, 0.4) is 0 Å². The molecule has 44 heavy (non-hydrogen) atoms. The minimum atomic E-state index is -0.814. The Bertz CT molecular complexity index is 1230. The van der Waals surface area contributed by atoms with Gasteiger partial charge in [-0.15, -0.1) is 24.9 Å². The van der Waals surface area contributed by atoms with Crippen LogP contribution in [0, 0.1) is 11.8 Å². The van der Waals surface area contributed by atoms with E-state index in [9.17, 15) is 19.5 Å². The highest BCUT2D eigenvalue weighted by Crippen LogP contribution is 2.72. The maximum absolute atomic E-state index is 14.9. The van der Waals surface area contributed by atoms with E-state index in [1.165, 1.54) is 0 Å². The van der Waals surface area contributed by atoms with E-state index < -0.39 is 33.4 Å². The van der Waals surface area contributed by atoms with E-state index in [0.717, 1.165) is 31.5 Å². The van der Waals surface area contributed by atoms with Crippen LogP contribution in [-0.4, -0.2) is 124 Å². The Labute approximate surface area is 266 Å². The molecule has 1 aromatic rings. The second-order valence-electron chi connectivity index (χ2n) is 12.7. The summed E-state index contributed by atoms with van der Waals surface area (Å²) in [5.41, 5.74) is 0.772. The maximum Gasteiger partial charge on any atom is 0.247 e. The molecule has 5 rings (SSSR count). The summed E-state index contributed by atoms with van der Waals surface area (Å²) in [5.74, 6) is -1.59. The van der Waals surface area contributed by atoms with E-state index in [2.05, 4.69) is 25.0 Å². The number of nitrogens with zero attached hydrogens (tertiary/aromatic N) is 4. The van der Waals surface area contributed by atoms with Crippen molar-refractivity contribution >= 4 is 29.5 Å². The normalized spacial score (nSPS) is 30.2. The van der Waals surface area contributed by atoms with E-state index in [4.69, 9.17) is 4.74 Å². The number of ether oxygens (including phenoxy) is 1. The molecule has 4 aliphatic heterocycles. The molecule has 4 saturated heterocycles. The van der Waals surface area contributed by atoms with Gasteiger partial charge >= 0.3 is 0 Å². The molecule has 1 N–H and O–H groups in total. The van der Waals surface area contributed by atoms with Crippen LogP contribution in [0.1, 0.15) is 44.7 Å². The molecule has 2 unspecified atom stereocenters. The Morgan fingerprint density at radius 2 is 1.75 bits per heavy atom. The molecule has 4 aliphatic rings. The first-order chi connectivity index (χ1) is 21.3. The summed E-state index contributed by atoms with van der Waals surface area (Å²) in [6.45, 7) is 17.1. The number of carbonyl (C=O) groups is 3. The minimum absolute atomic E-state index is 0.0368. The molecule has 1 spiro atoms. The zero-order valence-electron chi connectivity index (χ0n) is 26.2. The highest BCUT2D eigenvalue weighted by Gasteiger charge is 2.78. The molecular formula is C34H48N4O5S. The number of morpholine rings is 1. The lowest BCUT2D eigenvalue weighted by atomic mass is 9.66. The molecule has 0 radical (unpaired) electrons. The van der Waals surface area contributed by atoms with Crippen LogP contribution < -0.4 is 0 Å². The zero-order chi connectivity index (χ0) is 31.5. The fourth-order valence-electron chi connectivity index (χ4n) is 8.01. The van der Waals surface area contributed by atoms with Gasteiger partial charge in [-0.2, -0.15) is 0 Å². The third-order valence-corrected chi connectivity index (χ3v) is 12.0. The van der Waals surface area contributed by atoms with Crippen molar-refractivity contribution in [1.82, 2.24) is 19.6 Å². The Morgan fingerprint density at radius 3 is 2.36 bits per heavy atom. The fourth-order valence-corrected chi connectivity index (χ4v) is 10.3. The second-order valence-corrected chi connectivity index (χ2v) is 14.6. The topological polar surface area (TPSA) is 93.6 Å². The van der Waals surface area contributed by atoms with Gasteiger partial charge in [0.05, 0.1) is 42.4 Å². The van der Waals surface area contributed by atoms with Gasteiger partial charge in [0.2, 0.25) is 17.7 Å². The zero-order valence-corrected chi connectivity index (χ0v) is 27.1. The fraction of sp³-hybridized carbons (Fsp3) is 0.618. The van der Waals surface area contributed by atoms with Crippen molar-refractivity contribution in [3.05, 3.63) is 61.2 Å². The largest absolute Gasteiger partial charge is 0.394 e. The molecule has 0 aliphatic carbocycles. The summed E-state index contributed by atoms with van der Waals surface area (Å²) in [6, 6.07) is 7.92. The van der Waals surface area contributed by atoms with Crippen molar-refractivity contribution in [2.75, 3.05) is 65.6 Å². The average Bonchev–Trinajstić information content (AvgIpc) is 3.60. The van der Waals surface area contributed by atoms with Gasteiger partial charge in [-0.25, -0.2) is 0 Å². The number of rotatable bonds is 14. The van der Waals surface area contributed by atoms with Gasteiger partial charge in [0.1, 0.15) is 6.04 Å². The summed E-state index contributed by atoms with van der Waals surface area (Å²) in [6.07, 6.45) is 5.68. The summed E-state index contributed by atoms with van der Waals surface area (Å²) in [7, 11) is 0. The van der Waals surface area contributed by atoms with Gasteiger partial charge in [-0.05, 0) is 31.7 Å². The number of amides is 3. The predicted octanol–water partition coefficient (Wildman–Crippen LogP) is 2.97. The number of likely N-dealkylation sites (tertiary alicyclic amines) is 1. The van der Waals surface area contributed by atoms with Gasteiger partial charge in [-0.1, -0.05) is 49.4 Å². The Morgan fingerprint density at radius 1 is 1.09 bits per heavy atom. The van der Waals surface area contributed by atoms with Crippen LogP contribution in [0.15, 0.2) is 55.6 Å². The van der Waals surface area contributed by atoms with Crippen molar-refractivity contribution in [1.29, 1.82) is 0 Å². The molecule has 1 aromatic carbocycles. The molecule has 0 saturated carbocycles. The van der Waals surface area contributed by atoms with Gasteiger partial charge in [0.15, 0.2) is 0 Å². The van der Waals surface area contributed by atoms with Crippen LogP contribution in [0.5, 0.6) is 0 Å². The number of benzene rings is 1. The monoisotopic (exact) mass is 624 g/mol. The van der Waals surface area contributed by atoms with Crippen molar-refractivity contribution in [3.63, 3.8) is 0 Å². The highest BCUT2D eigenvalue weighted by molar-refractivity contribution is 8.02. The number of hydrogen-bond donors (Lipinski definition) is 1. The van der Waals surface area contributed by atoms with Gasteiger partial charge in [0, 0.05) is 50.6 Å². The number of aliphatic hydroxyl groups is 1. The number of thioether (sulfide) groups is 1. The second kappa shape index (κ2) is 13.8. The lowest BCUT2D eigenvalue weighted by Crippen LogP contribution is -2.56. The number of carbonyl (C=O) groups excluding carboxylic acids is 3.